The van der Waals surface area contributed by atoms with Gasteiger partial charge >= 0.3 is 5.97 Å². The number of nitrogens with zero attached hydrogens (tertiary/aromatic N) is 4. The topological polar surface area (TPSA) is 139 Å². The number of ether oxygens (including phenoxy) is 5. The first-order valence-electron chi connectivity index (χ1n) is 9.82. The summed E-state index contributed by atoms with van der Waals surface area (Å²) in [6.07, 6.45) is 2.81. The van der Waals surface area contributed by atoms with Crippen molar-refractivity contribution in [1.82, 2.24) is 19.5 Å². The predicted octanol–water partition coefficient (Wildman–Crippen LogP) is 0.351. The van der Waals surface area contributed by atoms with Gasteiger partial charge in [-0.05, 0) is 12.5 Å². The van der Waals surface area contributed by atoms with E-state index in [1.807, 2.05) is 13.0 Å². The first-order valence-corrected chi connectivity index (χ1v) is 9.82. The van der Waals surface area contributed by atoms with Crippen LogP contribution in [0.5, 0.6) is 0 Å². The zero-order valence-corrected chi connectivity index (χ0v) is 17.4. The summed E-state index contributed by atoms with van der Waals surface area (Å²) in [4.78, 5) is 24.0. The second kappa shape index (κ2) is 9.24. The number of esters is 1. The Bertz CT molecular complexity index is 964. The fraction of sp³-hybridized carbons (Fsp3) is 0.579. The number of aliphatic hydroxyl groups excluding tert-OH is 1. The number of anilines is 1. The maximum absolute atomic E-state index is 10.9. The Hall–Kier alpha value is -2.64. The third-order valence-corrected chi connectivity index (χ3v) is 5.05. The van der Waals surface area contributed by atoms with E-state index in [-0.39, 0.29) is 19.2 Å². The molecule has 0 amide bonds. The van der Waals surface area contributed by atoms with E-state index in [1.165, 1.54) is 20.4 Å². The SMILES string of the molecule is COC1O[C@@H]2[C@H](O1)[C@@H](CO)O[C@H]2n1cnc2c(NC/C=C(\C)COC(C)=O)ncnc21. The largest absolute Gasteiger partial charge is 0.461 e. The smallest absolute Gasteiger partial charge is 0.302 e. The monoisotopic (exact) mass is 435 g/mol. The van der Waals surface area contributed by atoms with Gasteiger partial charge in [0.1, 0.15) is 31.2 Å². The molecule has 4 heterocycles. The maximum atomic E-state index is 10.9. The number of rotatable bonds is 8. The van der Waals surface area contributed by atoms with Crippen molar-refractivity contribution in [3.63, 3.8) is 0 Å². The van der Waals surface area contributed by atoms with Gasteiger partial charge < -0.3 is 34.1 Å². The van der Waals surface area contributed by atoms with Gasteiger partial charge in [0.05, 0.1) is 12.9 Å². The highest BCUT2D eigenvalue weighted by Crippen LogP contribution is 2.40. The fourth-order valence-electron chi connectivity index (χ4n) is 3.55. The molecule has 2 aromatic rings. The summed E-state index contributed by atoms with van der Waals surface area (Å²) in [6, 6.07) is 0. The van der Waals surface area contributed by atoms with Crippen LogP contribution in [0.25, 0.3) is 11.2 Å². The molecule has 0 saturated carbocycles. The maximum Gasteiger partial charge on any atom is 0.302 e. The number of hydrogen-bond donors (Lipinski definition) is 2. The lowest BCUT2D eigenvalue weighted by molar-refractivity contribution is -0.256. The van der Waals surface area contributed by atoms with E-state index in [1.54, 1.807) is 10.9 Å². The van der Waals surface area contributed by atoms with E-state index in [0.29, 0.717) is 23.5 Å². The lowest BCUT2D eigenvalue weighted by Crippen LogP contribution is -2.31. The van der Waals surface area contributed by atoms with Gasteiger partial charge in [0.2, 0.25) is 0 Å². The summed E-state index contributed by atoms with van der Waals surface area (Å²) < 4.78 is 29.2. The molecule has 0 bridgehead atoms. The van der Waals surface area contributed by atoms with E-state index >= 15 is 0 Å². The van der Waals surface area contributed by atoms with Gasteiger partial charge in [0.15, 0.2) is 23.2 Å². The molecule has 0 aliphatic carbocycles. The fourth-order valence-corrected chi connectivity index (χ4v) is 3.55. The van der Waals surface area contributed by atoms with Crippen LogP contribution < -0.4 is 5.32 Å². The number of nitrogens with one attached hydrogen (secondary N) is 1. The molecular weight excluding hydrogens is 410 g/mol. The Kier molecular flexibility index (Phi) is 6.43. The number of methoxy groups -OCH3 is 1. The minimum atomic E-state index is -0.820. The molecule has 0 radical (unpaired) electrons. The van der Waals surface area contributed by atoms with E-state index in [4.69, 9.17) is 23.7 Å². The van der Waals surface area contributed by atoms with Crippen LogP contribution in [0.2, 0.25) is 0 Å². The minimum absolute atomic E-state index is 0.217. The Morgan fingerprint density at radius 3 is 2.81 bits per heavy atom. The number of hydrogen-bond acceptors (Lipinski definition) is 11. The molecule has 31 heavy (non-hydrogen) atoms. The summed E-state index contributed by atoms with van der Waals surface area (Å²) in [5.41, 5.74) is 2.01. The number of carbonyl (C=O) groups is 1. The average molecular weight is 435 g/mol. The van der Waals surface area contributed by atoms with Crippen LogP contribution in [0.15, 0.2) is 24.3 Å². The van der Waals surface area contributed by atoms with Crippen LogP contribution in [0.1, 0.15) is 20.1 Å². The van der Waals surface area contributed by atoms with Gasteiger partial charge in [-0.2, -0.15) is 0 Å². The highest BCUT2D eigenvalue weighted by Gasteiger charge is 2.53. The van der Waals surface area contributed by atoms with Gasteiger partial charge in [-0.1, -0.05) is 6.08 Å². The van der Waals surface area contributed by atoms with Crippen LogP contribution in [0.4, 0.5) is 5.82 Å². The standard InChI is InChI=1S/C19H25N5O7/c1-10(7-28-11(2)26)4-5-20-16-13-17(22-8-21-16)24(9-23-13)18-15-14(12(6-25)29-18)30-19(27-3)31-15/h4,8-9,12,14-15,18-19,25H,5-7H2,1-3H3,(H,20,21,22)/b10-4+/t12-,14-,15-,18-,19?/m1/s1. The number of aromatic nitrogens is 4. The second-order valence-corrected chi connectivity index (χ2v) is 7.23. The Labute approximate surface area is 178 Å². The molecule has 5 atom stereocenters. The molecule has 0 spiro atoms. The molecule has 4 rings (SSSR count). The summed E-state index contributed by atoms with van der Waals surface area (Å²) in [7, 11) is 1.48. The molecular formula is C19H25N5O7. The lowest BCUT2D eigenvalue weighted by atomic mass is 10.1. The van der Waals surface area contributed by atoms with Crippen molar-refractivity contribution in [3.05, 3.63) is 24.3 Å². The number of carbonyl (C=O) groups excluding carboxylic acids is 1. The van der Waals surface area contributed by atoms with Crippen LogP contribution in [-0.4, -0.2) is 82.3 Å². The Morgan fingerprint density at radius 2 is 2.06 bits per heavy atom. The first-order chi connectivity index (χ1) is 15.0. The molecule has 1 unspecified atom stereocenters. The van der Waals surface area contributed by atoms with Crippen molar-refractivity contribution >= 4 is 23.0 Å². The zero-order chi connectivity index (χ0) is 22.0. The summed E-state index contributed by atoms with van der Waals surface area (Å²) >= 11 is 0. The molecule has 2 aliphatic heterocycles. The molecule has 0 aromatic carbocycles. The average Bonchev–Trinajstić information content (AvgIpc) is 3.45. The predicted molar refractivity (Wildman–Crippen MR) is 106 cm³/mol. The Morgan fingerprint density at radius 1 is 1.26 bits per heavy atom. The molecule has 12 nitrogen and oxygen atoms in total. The van der Waals surface area contributed by atoms with E-state index < -0.39 is 31.0 Å². The van der Waals surface area contributed by atoms with Gasteiger partial charge in [-0.15, -0.1) is 0 Å². The normalized spacial score (nSPS) is 28.1. The second-order valence-electron chi connectivity index (χ2n) is 7.23. The van der Waals surface area contributed by atoms with Crippen molar-refractivity contribution in [2.24, 2.45) is 0 Å². The lowest BCUT2D eigenvalue weighted by Gasteiger charge is -2.19. The van der Waals surface area contributed by atoms with E-state index in [2.05, 4.69) is 20.3 Å². The molecule has 2 aromatic heterocycles. The molecule has 168 valence electrons. The van der Waals surface area contributed by atoms with Gasteiger partial charge in [0, 0.05) is 20.6 Å². The van der Waals surface area contributed by atoms with Crippen molar-refractivity contribution in [1.29, 1.82) is 0 Å². The van der Waals surface area contributed by atoms with Gasteiger partial charge in [-0.25, -0.2) is 15.0 Å². The van der Waals surface area contributed by atoms with Gasteiger partial charge in [0.25, 0.3) is 6.48 Å². The van der Waals surface area contributed by atoms with Crippen LogP contribution in [0, 0.1) is 0 Å². The molecule has 2 fully saturated rings. The molecule has 2 saturated heterocycles. The van der Waals surface area contributed by atoms with Crippen molar-refractivity contribution in [3.8, 4) is 0 Å². The Balaban J connectivity index is 1.51. The van der Waals surface area contributed by atoms with Crippen LogP contribution in [0.3, 0.4) is 0 Å². The summed E-state index contributed by atoms with van der Waals surface area (Å²) in [5, 5.41) is 12.9. The number of aliphatic hydroxyl groups is 1. The summed E-state index contributed by atoms with van der Waals surface area (Å²) in [6.45, 7) is 2.91. The molecule has 2 N–H and O–H groups in total. The summed E-state index contributed by atoms with van der Waals surface area (Å²) in [5.74, 6) is 0.226. The van der Waals surface area contributed by atoms with E-state index in [0.717, 1.165) is 5.57 Å². The molecule has 12 heteroatoms. The van der Waals surface area contributed by atoms with Crippen LogP contribution >= 0.6 is 0 Å². The van der Waals surface area contributed by atoms with Crippen molar-refractivity contribution in [2.75, 3.05) is 32.2 Å². The third-order valence-electron chi connectivity index (χ3n) is 5.05. The van der Waals surface area contributed by atoms with E-state index in [9.17, 15) is 9.90 Å². The van der Waals surface area contributed by atoms with Crippen molar-refractivity contribution in [2.45, 2.75) is 44.9 Å². The minimum Gasteiger partial charge on any atom is -0.461 e. The third kappa shape index (κ3) is 4.38. The van der Waals surface area contributed by atoms with Crippen molar-refractivity contribution < 1.29 is 33.6 Å². The highest BCUT2D eigenvalue weighted by molar-refractivity contribution is 5.82. The quantitative estimate of drug-likeness (QED) is 0.438. The molecule has 2 aliphatic rings. The number of imidazole rings is 1. The van der Waals surface area contributed by atoms with Crippen LogP contribution in [-0.2, 0) is 28.5 Å². The van der Waals surface area contributed by atoms with Gasteiger partial charge in [-0.3, -0.25) is 9.36 Å². The first kappa shape index (κ1) is 21.6. The number of fused-ring (bicyclic) bond motifs is 2. The zero-order valence-electron chi connectivity index (χ0n) is 17.4. The highest BCUT2D eigenvalue weighted by atomic mass is 16.9.